The molecule has 0 aliphatic carbocycles. The summed E-state index contributed by atoms with van der Waals surface area (Å²) < 4.78 is 4.90. The molecule has 1 aromatic heterocycles. The molecule has 0 saturated carbocycles. The number of nitrogens with zero attached hydrogens (tertiary/aromatic N) is 2. The highest BCUT2D eigenvalue weighted by atomic mass is 16.5. The van der Waals surface area contributed by atoms with Gasteiger partial charge in [-0.3, -0.25) is 0 Å². The zero-order chi connectivity index (χ0) is 8.65. The zero-order valence-corrected chi connectivity index (χ0v) is 7.16. The summed E-state index contributed by atoms with van der Waals surface area (Å²) in [6.07, 6.45) is 2.63. The van der Waals surface area contributed by atoms with Gasteiger partial charge in [0.1, 0.15) is 5.82 Å². The molecule has 0 fully saturated rings. The summed E-state index contributed by atoms with van der Waals surface area (Å²) in [5.41, 5.74) is 0. The smallest absolute Gasteiger partial charge is 0.148 e. The van der Waals surface area contributed by atoms with E-state index in [9.17, 15) is 0 Å². The quantitative estimate of drug-likeness (QED) is 0.662. The molecule has 1 heterocycles. The van der Waals surface area contributed by atoms with Gasteiger partial charge in [0.25, 0.3) is 0 Å². The summed E-state index contributed by atoms with van der Waals surface area (Å²) in [6, 6.07) is 3.74. The van der Waals surface area contributed by atoms with Crippen LogP contribution in [0.3, 0.4) is 0 Å². The van der Waals surface area contributed by atoms with Crippen LogP contribution in [0.4, 0.5) is 5.82 Å². The lowest BCUT2D eigenvalue weighted by atomic mass is 10.4. The number of hydrogen-bond acceptors (Lipinski definition) is 4. The van der Waals surface area contributed by atoms with E-state index in [0.29, 0.717) is 0 Å². The number of hydrogen-bond donors (Lipinski definition) is 1. The average molecular weight is 167 g/mol. The van der Waals surface area contributed by atoms with Crippen LogP contribution in [0.5, 0.6) is 0 Å². The second kappa shape index (κ2) is 5.49. The van der Waals surface area contributed by atoms with E-state index in [-0.39, 0.29) is 0 Å². The largest absolute Gasteiger partial charge is 0.385 e. The number of rotatable bonds is 5. The fourth-order valence-electron chi connectivity index (χ4n) is 0.829. The van der Waals surface area contributed by atoms with Gasteiger partial charge in [-0.25, -0.2) is 0 Å². The Morgan fingerprint density at radius 2 is 2.50 bits per heavy atom. The lowest BCUT2D eigenvalue weighted by molar-refractivity contribution is 0.197. The van der Waals surface area contributed by atoms with E-state index < -0.39 is 0 Å². The Kier molecular flexibility index (Phi) is 4.08. The molecule has 0 aliphatic heterocycles. The number of methoxy groups -OCH3 is 1. The molecule has 0 bridgehead atoms. The van der Waals surface area contributed by atoms with Crippen molar-refractivity contribution in [1.82, 2.24) is 10.2 Å². The minimum atomic E-state index is 0.771. The predicted octanol–water partition coefficient (Wildman–Crippen LogP) is 0.925. The Labute approximate surface area is 72.0 Å². The Balaban J connectivity index is 2.16. The summed E-state index contributed by atoms with van der Waals surface area (Å²) in [4.78, 5) is 0. The molecule has 0 saturated heterocycles. The van der Waals surface area contributed by atoms with E-state index in [4.69, 9.17) is 4.74 Å². The highest BCUT2D eigenvalue weighted by molar-refractivity contribution is 5.30. The van der Waals surface area contributed by atoms with E-state index in [0.717, 1.165) is 25.4 Å². The van der Waals surface area contributed by atoms with Gasteiger partial charge in [0, 0.05) is 26.5 Å². The third kappa shape index (κ3) is 3.30. The van der Waals surface area contributed by atoms with Crippen molar-refractivity contribution in [3.05, 3.63) is 18.3 Å². The normalized spacial score (nSPS) is 9.75. The van der Waals surface area contributed by atoms with Crippen molar-refractivity contribution in [1.29, 1.82) is 0 Å². The monoisotopic (exact) mass is 167 g/mol. The van der Waals surface area contributed by atoms with Gasteiger partial charge in [0.05, 0.1) is 0 Å². The molecule has 4 nitrogen and oxygen atoms in total. The van der Waals surface area contributed by atoms with Crippen molar-refractivity contribution in [3.8, 4) is 0 Å². The fourth-order valence-corrected chi connectivity index (χ4v) is 0.829. The number of aromatic nitrogens is 2. The number of nitrogens with one attached hydrogen (secondary N) is 1. The third-order valence-electron chi connectivity index (χ3n) is 1.40. The average Bonchev–Trinajstić information content (AvgIpc) is 2.14. The molecule has 0 spiro atoms. The summed E-state index contributed by atoms with van der Waals surface area (Å²) in [5.74, 6) is 0.814. The molecule has 66 valence electrons. The minimum absolute atomic E-state index is 0.771. The van der Waals surface area contributed by atoms with Crippen molar-refractivity contribution in [3.63, 3.8) is 0 Å². The molecule has 0 atom stereocenters. The van der Waals surface area contributed by atoms with Crippen molar-refractivity contribution >= 4 is 5.82 Å². The first-order valence-corrected chi connectivity index (χ1v) is 3.94. The topological polar surface area (TPSA) is 47.0 Å². The first-order valence-electron chi connectivity index (χ1n) is 3.94. The van der Waals surface area contributed by atoms with Crippen LogP contribution in [-0.4, -0.2) is 30.5 Å². The highest BCUT2D eigenvalue weighted by Gasteiger charge is 1.90. The third-order valence-corrected chi connectivity index (χ3v) is 1.40. The maximum atomic E-state index is 4.90. The van der Waals surface area contributed by atoms with Gasteiger partial charge in [-0.05, 0) is 18.6 Å². The van der Waals surface area contributed by atoms with Crippen LogP contribution in [0.1, 0.15) is 6.42 Å². The van der Waals surface area contributed by atoms with Gasteiger partial charge in [-0.1, -0.05) is 0 Å². The van der Waals surface area contributed by atoms with Gasteiger partial charge < -0.3 is 10.1 Å². The van der Waals surface area contributed by atoms with Crippen molar-refractivity contribution in [2.75, 3.05) is 25.6 Å². The first-order chi connectivity index (χ1) is 5.93. The summed E-state index contributed by atoms with van der Waals surface area (Å²) in [5, 5.41) is 10.7. The van der Waals surface area contributed by atoms with E-state index in [2.05, 4.69) is 15.5 Å². The molecule has 4 heteroatoms. The number of ether oxygens (including phenoxy) is 1. The molecular formula is C8H13N3O. The molecule has 1 rings (SSSR count). The molecule has 0 aliphatic rings. The molecular weight excluding hydrogens is 154 g/mol. The van der Waals surface area contributed by atoms with Gasteiger partial charge in [0.15, 0.2) is 0 Å². The van der Waals surface area contributed by atoms with E-state index in [1.165, 1.54) is 0 Å². The van der Waals surface area contributed by atoms with Crippen LogP contribution < -0.4 is 5.32 Å². The van der Waals surface area contributed by atoms with E-state index >= 15 is 0 Å². The lowest BCUT2D eigenvalue weighted by Crippen LogP contribution is -2.06. The van der Waals surface area contributed by atoms with Gasteiger partial charge in [-0.2, -0.15) is 5.10 Å². The van der Waals surface area contributed by atoms with E-state index in [1.807, 2.05) is 12.1 Å². The summed E-state index contributed by atoms with van der Waals surface area (Å²) in [7, 11) is 1.70. The van der Waals surface area contributed by atoms with Gasteiger partial charge in [-0.15, -0.1) is 5.10 Å². The van der Waals surface area contributed by atoms with Crippen molar-refractivity contribution in [2.24, 2.45) is 0 Å². The first kappa shape index (κ1) is 8.93. The van der Waals surface area contributed by atoms with E-state index in [1.54, 1.807) is 13.3 Å². The maximum absolute atomic E-state index is 4.90. The van der Waals surface area contributed by atoms with Crippen LogP contribution in [0.15, 0.2) is 18.3 Å². The Morgan fingerprint density at radius 3 is 3.17 bits per heavy atom. The van der Waals surface area contributed by atoms with Crippen LogP contribution in [-0.2, 0) is 4.74 Å². The second-order valence-electron chi connectivity index (χ2n) is 2.38. The van der Waals surface area contributed by atoms with Crippen LogP contribution >= 0.6 is 0 Å². The zero-order valence-electron chi connectivity index (χ0n) is 7.16. The fraction of sp³-hybridized carbons (Fsp3) is 0.500. The standard InChI is InChI=1S/C8H13N3O/c1-12-7-3-5-9-8-4-2-6-10-11-8/h2,4,6H,3,5,7H2,1H3,(H,9,11). The Morgan fingerprint density at radius 1 is 1.58 bits per heavy atom. The van der Waals surface area contributed by atoms with Gasteiger partial charge >= 0.3 is 0 Å². The van der Waals surface area contributed by atoms with Crippen LogP contribution in [0.2, 0.25) is 0 Å². The molecule has 1 aromatic rings. The molecule has 0 aromatic carbocycles. The molecule has 0 amide bonds. The Bertz CT molecular complexity index is 203. The number of anilines is 1. The van der Waals surface area contributed by atoms with Gasteiger partial charge in [0.2, 0.25) is 0 Å². The molecule has 0 unspecified atom stereocenters. The summed E-state index contributed by atoms with van der Waals surface area (Å²) in [6.45, 7) is 1.64. The predicted molar refractivity (Wildman–Crippen MR) is 47.0 cm³/mol. The minimum Gasteiger partial charge on any atom is -0.385 e. The Hall–Kier alpha value is -1.16. The van der Waals surface area contributed by atoms with Crippen LogP contribution in [0.25, 0.3) is 0 Å². The molecule has 12 heavy (non-hydrogen) atoms. The lowest BCUT2D eigenvalue weighted by Gasteiger charge is -2.02. The summed E-state index contributed by atoms with van der Waals surface area (Å²) >= 11 is 0. The SMILES string of the molecule is COCCCNc1cccnn1. The van der Waals surface area contributed by atoms with Crippen LogP contribution in [0, 0.1) is 0 Å². The van der Waals surface area contributed by atoms with Crippen molar-refractivity contribution in [2.45, 2.75) is 6.42 Å². The second-order valence-corrected chi connectivity index (χ2v) is 2.38. The molecule has 0 radical (unpaired) electrons. The van der Waals surface area contributed by atoms with Crippen molar-refractivity contribution < 1.29 is 4.74 Å². The molecule has 1 N–H and O–H groups in total. The highest BCUT2D eigenvalue weighted by Crippen LogP contribution is 1.96. The maximum Gasteiger partial charge on any atom is 0.148 e.